The Labute approximate surface area is 195 Å². The summed E-state index contributed by atoms with van der Waals surface area (Å²) in [6.45, 7) is 0. The van der Waals surface area contributed by atoms with Crippen LogP contribution in [-0.2, 0) is 13.2 Å². The molecule has 0 radical (unpaired) electrons. The number of primary amides is 1. The van der Waals surface area contributed by atoms with E-state index < -0.39 is 17.8 Å². The minimum absolute atomic E-state index is 0.0907. The molecule has 0 aliphatic heterocycles. The Morgan fingerprint density at radius 2 is 1.38 bits per heavy atom. The molecule has 0 atom stereocenters. The lowest BCUT2D eigenvalue weighted by atomic mass is 10.0. The molecule has 1 fully saturated rings. The van der Waals surface area contributed by atoms with Gasteiger partial charge >= 0.3 is 6.18 Å². The summed E-state index contributed by atoms with van der Waals surface area (Å²) in [5.74, 6) is -0.448. The van der Waals surface area contributed by atoms with Gasteiger partial charge in [0.15, 0.2) is 0 Å². The van der Waals surface area contributed by atoms with Gasteiger partial charge in [0, 0.05) is 23.5 Å². The summed E-state index contributed by atoms with van der Waals surface area (Å²) in [4.78, 5) is 14.6. The van der Waals surface area contributed by atoms with Crippen LogP contribution in [0.3, 0.4) is 0 Å². The Hall–Kier alpha value is -3.62. The fourth-order valence-corrected chi connectivity index (χ4v) is 3.85. The van der Waals surface area contributed by atoms with E-state index in [4.69, 9.17) is 11.5 Å². The molecule has 9 heteroatoms. The maximum atomic E-state index is 12.4. The molecule has 0 spiro atoms. The van der Waals surface area contributed by atoms with E-state index in [1.807, 2.05) is 24.3 Å². The van der Waals surface area contributed by atoms with Gasteiger partial charge in [-0.25, -0.2) is 4.98 Å². The number of para-hydroxylation sites is 1. The van der Waals surface area contributed by atoms with Gasteiger partial charge in [-0.3, -0.25) is 9.48 Å². The van der Waals surface area contributed by atoms with Crippen molar-refractivity contribution in [2.24, 2.45) is 12.8 Å². The van der Waals surface area contributed by atoms with E-state index in [0.29, 0.717) is 11.1 Å². The molecule has 4 N–H and O–H groups in total. The molecule has 180 valence electrons. The highest BCUT2D eigenvalue weighted by atomic mass is 19.4. The SMILES string of the molecule is C1CCCCC1.Cn1nc2ccccc2c1C(N)=O.Nc1cc(C(F)(F)F)nc2ccccc12. The third-order valence-corrected chi connectivity index (χ3v) is 5.51. The van der Waals surface area contributed by atoms with Crippen LogP contribution in [0.5, 0.6) is 0 Å². The first-order valence-corrected chi connectivity index (χ1v) is 11.1. The highest BCUT2D eigenvalue weighted by Crippen LogP contribution is 2.31. The molecule has 2 aromatic carbocycles. The van der Waals surface area contributed by atoms with Gasteiger partial charge in [0.05, 0.1) is 11.0 Å². The van der Waals surface area contributed by atoms with Crippen molar-refractivity contribution < 1.29 is 18.0 Å². The van der Waals surface area contributed by atoms with Crippen LogP contribution in [0.15, 0.2) is 54.6 Å². The Morgan fingerprint density at radius 3 is 1.91 bits per heavy atom. The van der Waals surface area contributed by atoms with Gasteiger partial charge in [-0.1, -0.05) is 74.9 Å². The number of aryl methyl sites for hydroxylation is 1. The Balaban J connectivity index is 0.000000155. The number of pyridine rings is 1. The minimum Gasteiger partial charge on any atom is -0.398 e. The highest BCUT2D eigenvalue weighted by molar-refractivity contribution is 6.04. The molecular formula is C25H28F3N5O. The van der Waals surface area contributed by atoms with Gasteiger partial charge in [-0.2, -0.15) is 18.3 Å². The zero-order valence-electron chi connectivity index (χ0n) is 19.0. The first kappa shape index (κ1) is 25.0. The summed E-state index contributed by atoms with van der Waals surface area (Å²) >= 11 is 0. The van der Waals surface area contributed by atoms with Crippen molar-refractivity contribution in [1.82, 2.24) is 14.8 Å². The van der Waals surface area contributed by atoms with Crippen molar-refractivity contribution in [1.29, 1.82) is 0 Å². The molecule has 2 heterocycles. The molecule has 1 aliphatic carbocycles. The number of benzene rings is 2. The average Bonchev–Trinajstić information content (AvgIpc) is 3.16. The lowest BCUT2D eigenvalue weighted by Gasteiger charge is -2.08. The van der Waals surface area contributed by atoms with Crippen LogP contribution in [0.4, 0.5) is 18.9 Å². The van der Waals surface area contributed by atoms with E-state index >= 15 is 0 Å². The first-order valence-electron chi connectivity index (χ1n) is 11.1. The van der Waals surface area contributed by atoms with Crippen molar-refractivity contribution in [3.63, 3.8) is 0 Å². The maximum absolute atomic E-state index is 12.4. The smallest absolute Gasteiger partial charge is 0.398 e. The topological polar surface area (TPSA) is 99.8 Å². The number of alkyl halides is 3. The summed E-state index contributed by atoms with van der Waals surface area (Å²) in [6.07, 6.45) is 4.54. The number of nitrogens with two attached hydrogens (primary N) is 2. The molecule has 1 amide bonds. The van der Waals surface area contributed by atoms with Crippen LogP contribution < -0.4 is 11.5 Å². The van der Waals surface area contributed by atoms with Crippen molar-refractivity contribution in [2.45, 2.75) is 44.7 Å². The number of aromatic nitrogens is 3. The average molecular weight is 472 g/mol. The number of fused-ring (bicyclic) bond motifs is 2. The van der Waals surface area contributed by atoms with E-state index in [1.54, 1.807) is 25.2 Å². The van der Waals surface area contributed by atoms with Crippen LogP contribution in [-0.4, -0.2) is 20.7 Å². The fraction of sp³-hybridized carbons (Fsp3) is 0.320. The normalized spacial score (nSPS) is 13.5. The summed E-state index contributed by atoms with van der Waals surface area (Å²) in [5.41, 5.74) is 11.4. The zero-order chi connectivity index (χ0) is 24.7. The fourth-order valence-electron chi connectivity index (χ4n) is 3.85. The van der Waals surface area contributed by atoms with Crippen molar-refractivity contribution in [3.05, 3.63) is 66.0 Å². The first-order chi connectivity index (χ1) is 16.2. The van der Waals surface area contributed by atoms with Gasteiger partial charge in [-0.05, 0) is 18.2 Å². The zero-order valence-corrected chi connectivity index (χ0v) is 19.0. The van der Waals surface area contributed by atoms with Gasteiger partial charge in [0.25, 0.3) is 5.91 Å². The van der Waals surface area contributed by atoms with E-state index in [0.717, 1.165) is 17.0 Å². The van der Waals surface area contributed by atoms with Gasteiger partial charge in [0.1, 0.15) is 11.4 Å². The number of halogens is 3. The van der Waals surface area contributed by atoms with Crippen LogP contribution in [0.1, 0.15) is 54.7 Å². The maximum Gasteiger partial charge on any atom is 0.433 e. The van der Waals surface area contributed by atoms with Crippen LogP contribution in [0.25, 0.3) is 21.8 Å². The summed E-state index contributed by atoms with van der Waals surface area (Å²) < 4.78 is 38.6. The number of amides is 1. The van der Waals surface area contributed by atoms with Crippen molar-refractivity contribution >= 4 is 33.4 Å². The molecule has 5 rings (SSSR count). The molecule has 1 saturated carbocycles. The molecule has 4 aromatic rings. The molecule has 0 saturated heterocycles. The van der Waals surface area contributed by atoms with Gasteiger partial charge in [0.2, 0.25) is 0 Å². The predicted octanol–water partition coefficient (Wildman–Crippen LogP) is 5.85. The predicted molar refractivity (Wildman–Crippen MR) is 128 cm³/mol. The number of nitrogens with zero attached hydrogens (tertiary/aromatic N) is 3. The van der Waals surface area contributed by atoms with Gasteiger partial charge in [-0.15, -0.1) is 0 Å². The van der Waals surface area contributed by atoms with E-state index in [9.17, 15) is 18.0 Å². The van der Waals surface area contributed by atoms with E-state index in [-0.39, 0.29) is 11.2 Å². The second-order valence-electron chi connectivity index (χ2n) is 8.09. The lowest BCUT2D eigenvalue weighted by Crippen LogP contribution is -2.15. The summed E-state index contributed by atoms with van der Waals surface area (Å²) in [7, 11) is 1.71. The third-order valence-electron chi connectivity index (χ3n) is 5.51. The van der Waals surface area contributed by atoms with E-state index in [2.05, 4.69) is 10.1 Å². The Kier molecular flexibility index (Phi) is 8.09. The van der Waals surface area contributed by atoms with Crippen LogP contribution >= 0.6 is 0 Å². The third kappa shape index (κ3) is 6.24. The summed E-state index contributed by atoms with van der Waals surface area (Å²) in [5, 5.41) is 5.49. The number of carbonyl (C=O) groups is 1. The van der Waals surface area contributed by atoms with Crippen LogP contribution in [0, 0.1) is 0 Å². The van der Waals surface area contributed by atoms with Gasteiger partial charge < -0.3 is 11.5 Å². The number of rotatable bonds is 1. The molecule has 1 aliphatic rings. The lowest BCUT2D eigenvalue weighted by molar-refractivity contribution is -0.140. The number of anilines is 1. The number of nitrogen functional groups attached to an aromatic ring is 1. The number of hydrogen-bond donors (Lipinski definition) is 2. The second-order valence-corrected chi connectivity index (χ2v) is 8.09. The molecule has 34 heavy (non-hydrogen) atoms. The molecule has 2 aromatic heterocycles. The molecular weight excluding hydrogens is 443 g/mol. The summed E-state index contributed by atoms with van der Waals surface area (Å²) in [6, 6.07) is 14.7. The monoisotopic (exact) mass is 471 g/mol. The molecule has 6 nitrogen and oxygen atoms in total. The molecule has 0 bridgehead atoms. The minimum atomic E-state index is -4.46. The second kappa shape index (κ2) is 11.0. The van der Waals surface area contributed by atoms with E-state index in [1.165, 1.54) is 49.3 Å². The van der Waals surface area contributed by atoms with Crippen LogP contribution in [0.2, 0.25) is 0 Å². The number of carbonyl (C=O) groups excluding carboxylic acids is 1. The quantitative estimate of drug-likeness (QED) is 0.364. The Bertz CT molecular complexity index is 1250. The highest BCUT2D eigenvalue weighted by Gasteiger charge is 2.33. The standard InChI is InChI=1S/C10H7F3N2.C9H9N3O.C6H12/c11-10(12,13)9-5-7(14)6-3-1-2-4-8(6)15-9;1-12-8(9(10)13)6-4-2-3-5-7(6)11-12;1-2-4-6-5-3-1/h1-5H,(H2,14,15);2-5H,1H3,(H2,10,13);1-6H2. The van der Waals surface area contributed by atoms with Crippen molar-refractivity contribution in [3.8, 4) is 0 Å². The largest absolute Gasteiger partial charge is 0.433 e. The molecule has 0 unspecified atom stereocenters. The van der Waals surface area contributed by atoms with Crippen molar-refractivity contribution in [2.75, 3.05) is 5.73 Å². The Morgan fingerprint density at radius 1 is 0.882 bits per heavy atom. The number of hydrogen-bond acceptors (Lipinski definition) is 4.